The van der Waals surface area contributed by atoms with E-state index >= 15 is 0 Å². The second-order valence-corrected chi connectivity index (χ2v) is 6.39. The predicted molar refractivity (Wildman–Crippen MR) is 102 cm³/mol. The summed E-state index contributed by atoms with van der Waals surface area (Å²) >= 11 is 0. The Morgan fingerprint density at radius 2 is 1.85 bits per heavy atom. The minimum atomic E-state index is -0.387. The number of nitrogens with zero attached hydrogens (tertiary/aromatic N) is 4. The lowest BCUT2D eigenvalue weighted by Gasteiger charge is -2.34. The lowest BCUT2D eigenvalue weighted by atomic mass is 10.2. The Balaban J connectivity index is 1.76. The van der Waals surface area contributed by atoms with Crippen LogP contribution in [0.4, 0.5) is 17.5 Å². The van der Waals surface area contributed by atoms with E-state index < -0.39 is 0 Å². The van der Waals surface area contributed by atoms with Crippen LogP contribution in [0, 0.1) is 6.92 Å². The molecule has 0 unspecified atom stereocenters. The first kappa shape index (κ1) is 18.6. The number of carbonyl (C=O) groups excluding carboxylic acids is 2. The van der Waals surface area contributed by atoms with Gasteiger partial charge in [0.15, 0.2) is 0 Å². The van der Waals surface area contributed by atoms with Gasteiger partial charge in [-0.1, -0.05) is 6.07 Å². The third-order valence-electron chi connectivity index (χ3n) is 4.41. The maximum absolute atomic E-state index is 11.7. The molecule has 1 N–H and O–H groups in total. The maximum Gasteiger partial charge on any atom is 0.337 e. The summed E-state index contributed by atoms with van der Waals surface area (Å²) in [7, 11) is 1.36. The van der Waals surface area contributed by atoms with E-state index in [4.69, 9.17) is 4.74 Å². The van der Waals surface area contributed by atoms with Gasteiger partial charge < -0.3 is 19.9 Å². The number of hydrogen-bond donors (Lipinski definition) is 1. The summed E-state index contributed by atoms with van der Waals surface area (Å²) in [5.41, 5.74) is 2.04. The molecule has 0 aliphatic carbocycles. The topological polar surface area (TPSA) is 87.7 Å². The van der Waals surface area contributed by atoms with Crippen molar-refractivity contribution in [2.45, 2.75) is 13.8 Å². The quantitative estimate of drug-likeness (QED) is 0.825. The highest BCUT2D eigenvalue weighted by molar-refractivity contribution is 5.90. The molecule has 0 radical (unpaired) electrons. The number of rotatable bonds is 4. The van der Waals surface area contributed by atoms with Crippen LogP contribution in [0.3, 0.4) is 0 Å². The number of ether oxygens (including phenoxy) is 1. The average molecular weight is 369 g/mol. The molecule has 1 amide bonds. The van der Waals surface area contributed by atoms with Crippen molar-refractivity contribution >= 4 is 29.3 Å². The second kappa shape index (κ2) is 8.03. The standard InChI is InChI=1S/C19H23N5O3/c1-13-11-17(21-16-6-4-5-15(12-16)18(26)27-3)22-19(20-13)24-9-7-23(8-10-24)14(2)25/h4-6,11-12H,7-10H2,1-3H3,(H,20,21,22). The maximum atomic E-state index is 11.7. The highest BCUT2D eigenvalue weighted by Crippen LogP contribution is 2.20. The van der Waals surface area contributed by atoms with Crippen molar-refractivity contribution in [3.8, 4) is 0 Å². The van der Waals surface area contributed by atoms with Crippen LogP contribution in [-0.4, -0.2) is 60.0 Å². The summed E-state index contributed by atoms with van der Waals surface area (Å²) < 4.78 is 4.76. The Hall–Kier alpha value is -3.16. The predicted octanol–water partition coefficient (Wildman–Crippen LogP) is 1.98. The van der Waals surface area contributed by atoms with Gasteiger partial charge in [-0.3, -0.25) is 4.79 Å². The molecule has 2 aromatic rings. The van der Waals surface area contributed by atoms with Crippen molar-refractivity contribution in [1.29, 1.82) is 0 Å². The molecule has 1 aromatic heterocycles. The zero-order valence-electron chi connectivity index (χ0n) is 15.7. The molecule has 2 heterocycles. The minimum absolute atomic E-state index is 0.0904. The molecule has 1 fully saturated rings. The number of carbonyl (C=O) groups is 2. The fraction of sp³-hybridized carbons (Fsp3) is 0.368. The van der Waals surface area contributed by atoms with E-state index in [9.17, 15) is 9.59 Å². The molecule has 0 atom stereocenters. The highest BCUT2D eigenvalue weighted by Gasteiger charge is 2.21. The number of amides is 1. The number of nitrogens with one attached hydrogen (secondary N) is 1. The smallest absolute Gasteiger partial charge is 0.337 e. The van der Waals surface area contributed by atoms with E-state index in [2.05, 4.69) is 20.2 Å². The van der Waals surface area contributed by atoms with Crippen LogP contribution in [0.5, 0.6) is 0 Å². The Morgan fingerprint density at radius 1 is 1.11 bits per heavy atom. The lowest BCUT2D eigenvalue weighted by molar-refractivity contribution is -0.129. The van der Waals surface area contributed by atoms with Crippen LogP contribution >= 0.6 is 0 Å². The Morgan fingerprint density at radius 3 is 2.52 bits per heavy atom. The number of methoxy groups -OCH3 is 1. The molecule has 1 aromatic carbocycles. The molecule has 8 heteroatoms. The van der Waals surface area contributed by atoms with Crippen molar-refractivity contribution < 1.29 is 14.3 Å². The Bertz CT molecular complexity index is 847. The van der Waals surface area contributed by atoms with Crippen LogP contribution < -0.4 is 10.2 Å². The molecular weight excluding hydrogens is 346 g/mol. The van der Waals surface area contributed by atoms with E-state index in [0.29, 0.717) is 43.5 Å². The van der Waals surface area contributed by atoms with Gasteiger partial charge in [-0.15, -0.1) is 0 Å². The Labute approximate surface area is 158 Å². The number of piperazine rings is 1. The van der Waals surface area contributed by atoms with Gasteiger partial charge in [0, 0.05) is 50.6 Å². The van der Waals surface area contributed by atoms with Crippen LogP contribution in [0.25, 0.3) is 0 Å². The molecule has 142 valence electrons. The first-order chi connectivity index (χ1) is 13.0. The van der Waals surface area contributed by atoms with Crippen molar-refractivity contribution in [1.82, 2.24) is 14.9 Å². The van der Waals surface area contributed by atoms with Crippen LogP contribution in [0.15, 0.2) is 30.3 Å². The summed E-state index contributed by atoms with van der Waals surface area (Å²) in [6.07, 6.45) is 0. The average Bonchev–Trinajstić information content (AvgIpc) is 2.67. The van der Waals surface area contributed by atoms with E-state index in [1.807, 2.05) is 24.0 Å². The summed E-state index contributed by atoms with van der Waals surface area (Å²) in [5.74, 6) is 0.979. The first-order valence-electron chi connectivity index (χ1n) is 8.78. The third kappa shape index (κ3) is 4.52. The van der Waals surface area contributed by atoms with E-state index in [-0.39, 0.29) is 11.9 Å². The molecule has 1 aliphatic rings. The number of hydrogen-bond acceptors (Lipinski definition) is 7. The van der Waals surface area contributed by atoms with Gasteiger partial charge in [0.1, 0.15) is 5.82 Å². The summed E-state index contributed by atoms with van der Waals surface area (Å²) in [6, 6.07) is 8.90. The zero-order valence-corrected chi connectivity index (χ0v) is 15.7. The van der Waals surface area contributed by atoms with E-state index in [1.165, 1.54) is 7.11 Å². The van der Waals surface area contributed by atoms with Gasteiger partial charge >= 0.3 is 5.97 Å². The fourth-order valence-electron chi connectivity index (χ4n) is 2.97. The molecule has 27 heavy (non-hydrogen) atoms. The lowest BCUT2D eigenvalue weighted by Crippen LogP contribution is -2.48. The highest BCUT2D eigenvalue weighted by atomic mass is 16.5. The number of esters is 1. The van der Waals surface area contributed by atoms with Crippen molar-refractivity contribution in [3.05, 3.63) is 41.6 Å². The first-order valence-corrected chi connectivity index (χ1v) is 8.78. The van der Waals surface area contributed by atoms with Crippen molar-refractivity contribution in [2.24, 2.45) is 0 Å². The summed E-state index contributed by atoms with van der Waals surface area (Å²) in [5, 5.41) is 3.22. The van der Waals surface area contributed by atoms with Gasteiger partial charge in [-0.05, 0) is 25.1 Å². The largest absolute Gasteiger partial charge is 0.465 e. The SMILES string of the molecule is COC(=O)c1cccc(Nc2cc(C)nc(N3CCN(C(C)=O)CC3)n2)c1. The molecule has 0 spiro atoms. The number of aryl methyl sites for hydroxylation is 1. The van der Waals surface area contributed by atoms with Crippen molar-refractivity contribution in [3.63, 3.8) is 0 Å². The number of aromatic nitrogens is 2. The second-order valence-electron chi connectivity index (χ2n) is 6.39. The summed E-state index contributed by atoms with van der Waals surface area (Å²) in [6.45, 7) is 6.21. The molecule has 3 rings (SSSR count). The van der Waals surface area contributed by atoms with Crippen LogP contribution in [0.2, 0.25) is 0 Å². The third-order valence-corrected chi connectivity index (χ3v) is 4.41. The number of benzene rings is 1. The fourth-order valence-corrected chi connectivity index (χ4v) is 2.97. The molecule has 8 nitrogen and oxygen atoms in total. The van der Waals surface area contributed by atoms with Crippen LogP contribution in [-0.2, 0) is 9.53 Å². The molecule has 1 saturated heterocycles. The zero-order chi connectivity index (χ0) is 19.4. The van der Waals surface area contributed by atoms with E-state index in [1.54, 1.807) is 25.1 Å². The Kier molecular flexibility index (Phi) is 5.54. The molecule has 0 saturated carbocycles. The molecule has 0 bridgehead atoms. The van der Waals surface area contributed by atoms with Gasteiger partial charge in [0.2, 0.25) is 11.9 Å². The monoisotopic (exact) mass is 369 g/mol. The van der Waals surface area contributed by atoms with Gasteiger partial charge in [0.05, 0.1) is 12.7 Å². The van der Waals surface area contributed by atoms with E-state index in [0.717, 1.165) is 11.4 Å². The van der Waals surface area contributed by atoms with Gasteiger partial charge in [-0.2, -0.15) is 4.98 Å². The normalized spacial score (nSPS) is 14.0. The molecular formula is C19H23N5O3. The molecule has 1 aliphatic heterocycles. The summed E-state index contributed by atoms with van der Waals surface area (Å²) in [4.78, 5) is 36.2. The van der Waals surface area contributed by atoms with Crippen molar-refractivity contribution in [2.75, 3.05) is 43.5 Å². The van der Waals surface area contributed by atoms with Gasteiger partial charge in [0.25, 0.3) is 0 Å². The number of anilines is 3. The van der Waals surface area contributed by atoms with Gasteiger partial charge in [-0.25, -0.2) is 9.78 Å². The minimum Gasteiger partial charge on any atom is -0.465 e. The van der Waals surface area contributed by atoms with Crippen LogP contribution in [0.1, 0.15) is 23.0 Å².